The second kappa shape index (κ2) is 6.88. The van der Waals surface area contributed by atoms with Crippen LogP contribution in [0, 0.1) is 0 Å². The number of nitrogens with zero attached hydrogens (tertiary/aromatic N) is 3. The van der Waals surface area contributed by atoms with Crippen LogP contribution in [0.25, 0.3) is 0 Å². The number of fused-ring (bicyclic) bond motifs is 1. The molecule has 0 aliphatic carbocycles. The first-order valence-corrected chi connectivity index (χ1v) is 8.94. The number of carbonyl (C=O) groups excluding carboxylic acids is 2. The Labute approximate surface area is 152 Å². The first kappa shape index (κ1) is 16.7. The summed E-state index contributed by atoms with van der Waals surface area (Å²) >= 11 is 0. The third kappa shape index (κ3) is 3.08. The van der Waals surface area contributed by atoms with E-state index < -0.39 is 6.04 Å². The Morgan fingerprint density at radius 3 is 2.54 bits per heavy atom. The average molecular weight is 350 g/mol. The molecule has 134 valence electrons. The van der Waals surface area contributed by atoms with E-state index in [2.05, 4.69) is 4.98 Å². The standard InChI is InChI=1S/C20H22N4O2/c21-19(25)17-8-9-18(24(17)11-14-5-2-1-3-6-14)20(26)23-12-15-7-4-10-22-16(15)13-23/h1-7,10,17-18H,8-9,11-13H2,(H2,21,25)/t17-,18+/m0/s1. The number of likely N-dealkylation sites (tertiary alicyclic amines) is 1. The molecule has 2 amide bonds. The Morgan fingerprint density at radius 2 is 1.81 bits per heavy atom. The number of hydrogen-bond donors (Lipinski definition) is 1. The first-order valence-electron chi connectivity index (χ1n) is 8.94. The van der Waals surface area contributed by atoms with Crippen LogP contribution in [-0.2, 0) is 29.2 Å². The quantitative estimate of drug-likeness (QED) is 0.905. The minimum absolute atomic E-state index is 0.0580. The van der Waals surface area contributed by atoms with E-state index in [-0.39, 0.29) is 17.9 Å². The molecule has 6 nitrogen and oxygen atoms in total. The smallest absolute Gasteiger partial charge is 0.240 e. The zero-order valence-corrected chi connectivity index (χ0v) is 14.5. The molecule has 0 spiro atoms. The van der Waals surface area contributed by atoms with Gasteiger partial charge in [-0.15, -0.1) is 0 Å². The van der Waals surface area contributed by atoms with Crippen LogP contribution in [0.4, 0.5) is 0 Å². The molecule has 26 heavy (non-hydrogen) atoms. The van der Waals surface area contributed by atoms with Crippen molar-refractivity contribution in [3.8, 4) is 0 Å². The van der Waals surface area contributed by atoms with Crippen molar-refractivity contribution >= 4 is 11.8 Å². The van der Waals surface area contributed by atoms with Crippen LogP contribution in [0.5, 0.6) is 0 Å². The third-order valence-corrected chi connectivity index (χ3v) is 5.33. The van der Waals surface area contributed by atoms with Crippen molar-refractivity contribution in [2.45, 2.75) is 44.6 Å². The highest BCUT2D eigenvalue weighted by atomic mass is 16.2. The van der Waals surface area contributed by atoms with Gasteiger partial charge in [-0.2, -0.15) is 0 Å². The molecule has 0 radical (unpaired) electrons. The Kier molecular flexibility index (Phi) is 4.42. The highest BCUT2D eigenvalue weighted by Crippen LogP contribution is 2.30. The SMILES string of the molecule is NC(=O)[C@@H]1CC[C@H](C(=O)N2Cc3cccnc3C2)N1Cc1ccccc1. The van der Waals surface area contributed by atoms with E-state index in [0.29, 0.717) is 32.5 Å². The van der Waals surface area contributed by atoms with E-state index >= 15 is 0 Å². The van der Waals surface area contributed by atoms with Gasteiger partial charge in [0.05, 0.1) is 24.3 Å². The van der Waals surface area contributed by atoms with Crippen LogP contribution in [-0.4, -0.2) is 38.7 Å². The molecule has 2 atom stereocenters. The number of hydrogen-bond acceptors (Lipinski definition) is 4. The highest BCUT2D eigenvalue weighted by molar-refractivity contribution is 5.86. The summed E-state index contributed by atoms with van der Waals surface area (Å²) in [4.78, 5) is 33.3. The summed E-state index contributed by atoms with van der Waals surface area (Å²) in [5, 5.41) is 0. The van der Waals surface area contributed by atoms with Crippen molar-refractivity contribution in [1.29, 1.82) is 0 Å². The lowest BCUT2D eigenvalue weighted by molar-refractivity contribution is -0.138. The summed E-state index contributed by atoms with van der Waals surface area (Å²) in [6.45, 7) is 1.66. The van der Waals surface area contributed by atoms with Crippen molar-refractivity contribution in [2.75, 3.05) is 0 Å². The van der Waals surface area contributed by atoms with Gasteiger partial charge < -0.3 is 10.6 Å². The van der Waals surface area contributed by atoms with Crippen LogP contribution in [0.1, 0.15) is 29.7 Å². The molecule has 1 fully saturated rings. The molecule has 2 aliphatic rings. The van der Waals surface area contributed by atoms with Gasteiger partial charge in [-0.1, -0.05) is 36.4 Å². The van der Waals surface area contributed by atoms with Gasteiger partial charge in [-0.05, 0) is 30.0 Å². The number of primary amides is 1. The van der Waals surface area contributed by atoms with Crippen LogP contribution in [0.3, 0.4) is 0 Å². The summed E-state index contributed by atoms with van der Waals surface area (Å²) in [5.74, 6) is -0.301. The van der Waals surface area contributed by atoms with E-state index in [4.69, 9.17) is 5.73 Å². The molecule has 4 rings (SSSR count). The highest BCUT2D eigenvalue weighted by Gasteiger charge is 2.42. The maximum Gasteiger partial charge on any atom is 0.240 e. The molecular weight excluding hydrogens is 328 g/mol. The minimum atomic E-state index is -0.396. The molecule has 0 bridgehead atoms. The lowest BCUT2D eigenvalue weighted by Crippen LogP contribution is -2.49. The molecule has 2 N–H and O–H groups in total. The Bertz CT molecular complexity index is 799. The van der Waals surface area contributed by atoms with E-state index in [1.165, 1.54) is 0 Å². The second-order valence-electron chi connectivity index (χ2n) is 6.97. The zero-order chi connectivity index (χ0) is 18.1. The van der Waals surface area contributed by atoms with Crippen molar-refractivity contribution in [3.05, 3.63) is 65.5 Å². The predicted molar refractivity (Wildman–Crippen MR) is 96.5 cm³/mol. The number of amides is 2. The van der Waals surface area contributed by atoms with Gasteiger partial charge in [0.2, 0.25) is 11.8 Å². The number of rotatable bonds is 4. The Balaban J connectivity index is 1.54. The van der Waals surface area contributed by atoms with Crippen LogP contribution in [0.15, 0.2) is 48.7 Å². The molecule has 1 saturated heterocycles. The van der Waals surface area contributed by atoms with Crippen molar-refractivity contribution < 1.29 is 9.59 Å². The maximum absolute atomic E-state index is 13.2. The first-order chi connectivity index (χ1) is 12.6. The minimum Gasteiger partial charge on any atom is -0.368 e. The number of benzene rings is 1. The molecule has 3 heterocycles. The predicted octanol–water partition coefficient (Wildman–Crippen LogP) is 1.44. The maximum atomic E-state index is 13.2. The van der Waals surface area contributed by atoms with Gasteiger partial charge >= 0.3 is 0 Å². The van der Waals surface area contributed by atoms with Crippen LogP contribution >= 0.6 is 0 Å². The Hall–Kier alpha value is -2.73. The molecule has 2 aliphatic heterocycles. The van der Waals surface area contributed by atoms with Gasteiger partial charge in [-0.25, -0.2) is 0 Å². The summed E-state index contributed by atoms with van der Waals surface area (Å²) in [6.07, 6.45) is 3.03. The average Bonchev–Trinajstić information content (AvgIpc) is 3.26. The topological polar surface area (TPSA) is 79.5 Å². The van der Waals surface area contributed by atoms with Crippen LogP contribution in [0.2, 0.25) is 0 Å². The van der Waals surface area contributed by atoms with E-state index in [1.807, 2.05) is 52.3 Å². The van der Waals surface area contributed by atoms with Crippen molar-refractivity contribution in [2.24, 2.45) is 5.73 Å². The monoisotopic (exact) mass is 350 g/mol. The van der Waals surface area contributed by atoms with E-state index in [1.54, 1.807) is 6.20 Å². The van der Waals surface area contributed by atoms with Crippen molar-refractivity contribution in [1.82, 2.24) is 14.8 Å². The largest absolute Gasteiger partial charge is 0.368 e. The molecule has 2 aromatic rings. The molecule has 1 aromatic heterocycles. The van der Waals surface area contributed by atoms with Gasteiger partial charge in [-0.3, -0.25) is 19.5 Å². The summed E-state index contributed by atoms with van der Waals surface area (Å²) in [7, 11) is 0. The Morgan fingerprint density at radius 1 is 1.04 bits per heavy atom. The molecule has 1 aromatic carbocycles. The van der Waals surface area contributed by atoms with E-state index in [0.717, 1.165) is 16.8 Å². The zero-order valence-electron chi connectivity index (χ0n) is 14.5. The van der Waals surface area contributed by atoms with Crippen LogP contribution < -0.4 is 5.73 Å². The number of nitrogens with two attached hydrogens (primary N) is 1. The van der Waals surface area contributed by atoms with Crippen molar-refractivity contribution in [3.63, 3.8) is 0 Å². The summed E-state index contributed by atoms with van der Waals surface area (Å²) in [5.41, 5.74) is 8.74. The number of carbonyl (C=O) groups is 2. The van der Waals surface area contributed by atoms with Gasteiger partial charge in [0.1, 0.15) is 0 Å². The fourth-order valence-corrected chi connectivity index (χ4v) is 4.02. The fourth-order valence-electron chi connectivity index (χ4n) is 4.02. The number of pyridine rings is 1. The van der Waals surface area contributed by atoms with Gasteiger partial charge in [0, 0.05) is 19.3 Å². The lowest BCUT2D eigenvalue weighted by Gasteiger charge is -2.30. The molecule has 0 unspecified atom stereocenters. The summed E-state index contributed by atoms with van der Waals surface area (Å²) < 4.78 is 0. The second-order valence-corrected chi connectivity index (χ2v) is 6.97. The van der Waals surface area contributed by atoms with E-state index in [9.17, 15) is 9.59 Å². The summed E-state index contributed by atoms with van der Waals surface area (Å²) in [6, 6.07) is 13.1. The molecule has 6 heteroatoms. The number of aromatic nitrogens is 1. The lowest BCUT2D eigenvalue weighted by atomic mass is 10.1. The fraction of sp³-hybridized carbons (Fsp3) is 0.350. The van der Waals surface area contributed by atoms with Gasteiger partial charge in [0.25, 0.3) is 0 Å². The van der Waals surface area contributed by atoms with Gasteiger partial charge in [0.15, 0.2) is 0 Å². The molecular formula is C20H22N4O2. The molecule has 0 saturated carbocycles. The third-order valence-electron chi connectivity index (χ3n) is 5.33. The normalized spacial score (nSPS) is 22.4.